The molecule has 0 radical (unpaired) electrons. The molecule has 6 rings (SSSR count). The van der Waals surface area contributed by atoms with Crippen molar-refractivity contribution in [1.29, 1.82) is 0 Å². The second-order valence-corrected chi connectivity index (χ2v) is 10.5. The van der Waals surface area contributed by atoms with E-state index in [4.69, 9.17) is 11.6 Å². The van der Waals surface area contributed by atoms with E-state index in [1.165, 1.54) is 0 Å². The summed E-state index contributed by atoms with van der Waals surface area (Å²) in [6.45, 7) is 3.95. The fraction of sp³-hybridized carbons (Fsp3) is 0.226. The molecule has 3 amide bonds. The topological polar surface area (TPSA) is 57.6 Å². The lowest BCUT2D eigenvalue weighted by molar-refractivity contribution is -0.119. The third kappa shape index (κ3) is 4.45. The summed E-state index contributed by atoms with van der Waals surface area (Å²) in [4.78, 5) is 31.1. The number of para-hydroxylation sites is 2. The lowest BCUT2D eigenvalue weighted by Gasteiger charge is -2.39. The number of hydrogen-bond acceptors (Lipinski definition) is 2. The highest BCUT2D eigenvalue weighted by Gasteiger charge is 2.40. The molecule has 6 nitrogen and oxygen atoms in total. The maximum Gasteiger partial charge on any atom is 0.322 e. The van der Waals surface area contributed by atoms with Gasteiger partial charge in [0, 0.05) is 22.9 Å². The minimum absolute atomic E-state index is 0.0203. The molecular weight excluding hydrogens is 496 g/mol. The number of aryl methyl sites for hydroxylation is 2. The number of rotatable bonds is 5. The van der Waals surface area contributed by atoms with Gasteiger partial charge in [0.1, 0.15) is 12.6 Å². The van der Waals surface area contributed by atoms with Crippen LogP contribution < -0.4 is 10.2 Å². The molecule has 1 atom stereocenters. The average molecular weight is 525 g/mol. The highest BCUT2D eigenvalue weighted by atomic mass is 35.5. The number of hydrogen-bond donors (Lipinski definition) is 1. The lowest BCUT2D eigenvalue weighted by Crippen LogP contribution is -2.48. The van der Waals surface area contributed by atoms with Gasteiger partial charge >= 0.3 is 6.03 Å². The van der Waals surface area contributed by atoms with Gasteiger partial charge in [0.25, 0.3) is 0 Å². The van der Waals surface area contributed by atoms with Crippen LogP contribution in [-0.2, 0) is 4.79 Å². The Morgan fingerprint density at radius 2 is 1.68 bits per heavy atom. The van der Waals surface area contributed by atoms with Gasteiger partial charge < -0.3 is 14.8 Å². The summed E-state index contributed by atoms with van der Waals surface area (Å²) in [5, 5.41) is 3.54. The van der Waals surface area contributed by atoms with E-state index >= 15 is 0 Å². The number of halogens is 1. The predicted molar refractivity (Wildman–Crippen MR) is 151 cm³/mol. The zero-order valence-corrected chi connectivity index (χ0v) is 22.2. The molecule has 1 aliphatic carbocycles. The molecule has 1 N–H and O–H groups in total. The van der Waals surface area contributed by atoms with E-state index < -0.39 is 0 Å². The van der Waals surface area contributed by atoms with Crippen molar-refractivity contribution >= 4 is 34.9 Å². The van der Waals surface area contributed by atoms with Crippen LogP contribution in [0.5, 0.6) is 0 Å². The van der Waals surface area contributed by atoms with Gasteiger partial charge in [0.15, 0.2) is 0 Å². The van der Waals surface area contributed by atoms with E-state index in [0.717, 1.165) is 46.6 Å². The fourth-order valence-electron chi connectivity index (χ4n) is 5.17. The number of carbonyl (C=O) groups excluding carboxylic acids is 2. The van der Waals surface area contributed by atoms with Gasteiger partial charge in [-0.3, -0.25) is 9.69 Å². The van der Waals surface area contributed by atoms with Gasteiger partial charge in [0.05, 0.1) is 17.1 Å². The van der Waals surface area contributed by atoms with Crippen molar-refractivity contribution in [3.05, 3.63) is 112 Å². The zero-order valence-electron chi connectivity index (χ0n) is 21.4. The fourth-order valence-corrected chi connectivity index (χ4v) is 5.35. The quantitative estimate of drug-likeness (QED) is 0.309. The van der Waals surface area contributed by atoms with E-state index in [1.54, 1.807) is 11.0 Å². The highest BCUT2D eigenvalue weighted by Crippen LogP contribution is 2.42. The first-order valence-corrected chi connectivity index (χ1v) is 13.3. The largest absolute Gasteiger partial charge is 0.322 e. The summed E-state index contributed by atoms with van der Waals surface area (Å²) in [6, 6.07) is 25.2. The van der Waals surface area contributed by atoms with Crippen LogP contribution in [0.15, 0.2) is 85.1 Å². The summed E-state index contributed by atoms with van der Waals surface area (Å²) < 4.78 is 2.15. The Morgan fingerprint density at radius 1 is 0.947 bits per heavy atom. The molecular formula is C31H29ClN4O2. The Morgan fingerprint density at radius 3 is 2.39 bits per heavy atom. The van der Waals surface area contributed by atoms with Gasteiger partial charge in [-0.2, -0.15) is 0 Å². The molecule has 3 aromatic carbocycles. The Balaban J connectivity index is 1.35. The van der Waals surface area contributed by atoms with Crippen molar-refractivity contribution in [2.45, 2.75) is 38.8 Å². The number of amides is 3. The molecule has 0 spiro atoms. The Hall–Kier alpha value is -4.03. The lowest BCUT2D eigenvalue weighted by atomic mass is 9.97. The molecule has 0 saturated heterocycles. The second kappa shape index (κ2) is 9.69. The molecule has 1 fully saturated rings. The first-order chi connectivity index (χ1) is 18.4. The van der Waals surface area contributed by atoms with E-state index in [1.807, 2.05) is 60.5 Å². The monoisotopic (exact) mass is 524 g/mol. The first kappa shape index (κ1) is 24.3. The minimum Gasteiger partial charge on any atom is -0.316 e. The normalized spacial score (nSPS) is 16.0. The van der Waals surface area contributed by atoms with E-state index in [2.05, 4.69) is 47.1 Å². The molecule has 192 valence electrons. The molecule has 0 bridgehead atoms. The van der Waals surface area contributed by atoms with Crippen LogP contribution in [0, 0.1) is 13.8 Å². The third-order valence-corrected chi connectivity index (χ3v) is 7.77. The average Bonchev–Trinajstić information content (AvgIpc) is 3.64. The van der Waals surface area contributed by atoms with Crippen molar-refractivity contribution in [2.24, 2.45) is 0 Å². The smallest absolute Gasteiger partial charge is 0.316 e. The minimum atomic E-state index is -0.312. The van der Waals surface area contributed by atoms with Gasteiger partial charge in [0.2, 0.25) is 5.91 Å². The molecule has 7 heteroatoms. The predicted octanol–water partition coefficient (Wildman–Crippen LogP) is 6.88. The molecule has 1 unspecified atom stereocenters. The van der Waals surface area contributed by atoms with Gasteiger partial charge in [-0.05, 0) is 74.2 Å². The molecule has 38 heavy (non-hydrogen) atoms. The third-order valence-electron chi connectivity index (χ3n) is 7.36. The summed E-state index contributed by atoms with van der Waals surface area (Å²) in [7, 11) is 0. The van der Waals surface area contributed by atoms with E-state index in [0.29, 0.717) is 10.7 Å². The number of carbonyl (C=O) groups is 2. The van der Waals surface area contributed by atoms with Crippen LogP contribution in [0.1, 0.15) is 41.3 Å². The van der Waals surface area contributed by atoms with E-state index in [9.17, 15) is 9.59 Å². The van der Waals surface area contributed by atoms with Crippen LogP contribution >= 0.6 is 11.6 Å². The molecule has 1 aromatic heterocycles. The number of urea groups is 1. The van der Waals surface area contributed by atoms with Crippen LogP contribution in [0.25, 0.3) is 5.69 Å². The number of benzene rings is 3. The summed E-state index contributed by atoms with van der Waals surface area (Å²) in [6.07, 6.45) is 3.81. The number of nitrogens with one attached hydrogen (secondary N) is 1. The van der Waals surface area contributed by atoms with Crippen LogP contribution in [0.3, 0.4) is 0 Å². The number of anilines is 2. The SMILES string of the molecule is Cc1ccc(C2c3cccn3-c3ccccc3N2C(=O)CN(C(=O)Nc2ccc(C)c(Cl)c2)C2CC2)cc1. The zero-order chi connectivity index (χ0) is 26.4. The Labute approximate surface area is 227 Å². The van der Waals surface area contributed by atoms with Gasteiger partial charge in [-0.1, -0.05) is 59.6 Å². The van der Waals surface area contributed by atoms with Crippen LogP contribution in [0.2, 0.25) is 5.02 Å². The molecule has 1 saturated carbocycles. The summed E-state index contributed by atoms with van der Waals surface area (Å²) in [5.41, 5.74) is 6.52. The molecule has 2 heterocycles. The standard InChI is InChI=1S/C31H29ClN4O2/c1-20-9-12-22(13-10-20)30-28-8-5-17-34(28)26-6-3-4-7-27(26)36(30)29(37)19-35(24-15-16-24)31(38)33-23-14-11-21(2)25(32)18-23/h3-14,17-18,24,30H,15-16,19H2,1-2H3,(H,33,38). The molecule has 1 aliphatic heterocycles. The van der Waals surface area contributed by atoms with E-state index in [-0.39, 0.29) is 30.6 Å². The highest BCUT2D eigenvalue weighted by molar-refractivity contribution is 6.31. The van der Waals surface area contributed by atoms with Crippen molar-refractivity contribution in [3.63, 3.8) is 0 Å². The van der Waals surface area contributed by atoms with Gasteiger partial charge in [-0.25, -0.2) is 4.79 Å². The summed E-state index contributed by atoms with van der Waals surface area (Å²) in [5.74, 6) is -0.125. The maximum absolute atomic E-state index is 14.2. The van der Waals surface area contributed by atoms with Crippen molar-refractivity contribution < 1.29 is 9.59 Å². The van der Waals surface area contributed by atoms with Crippen molar-refractivity contribution in [2.75, 3.05) is 16.8 Å². The summed E-state index contributed by atoms with van der Waals surface area (Å²) >= 11 is 6.27. The molecule has 4 aromatic rings. The second-order valence-electron chi connectivity index (χ2n) is 10.1. The first-order valence-electron chi connectivity index (χ1n) is 12.9. The number of fused-ring (bicyclic) bond motifs is 3. The number of aromatic nitrogens is 1. The number of nitrogens with zero attached hydrogens (tertiary/aromatic N) is 3. The maximum atomic E-state index is 14.2. The van der Waals surface area contributed by atoms with Crippen molar-refractivity contribution in [1.82, 2.24) is 9.47 Å². The van der Waals surface area contributed by atoms with Crippen LogP contribution in [0.4, 0.5) is 16.2 Å². The Kier molecular flexibility index (Phi) is 6.20. The van der Waals surface area contributed by atoms with Crippen LogP contribution in [-0.4, -0.2) is 34.0 Å². The van der Waals surface area contributed by atoms with Crippen molar-refractivity contribution in [3.8, 4) is 5.69 Å². The molecule has 2 aliphatic rings. The van der Waals surface area contributed by atoms with Gasteiger partial charge in [-0.15, -0.1) is 0 Å². The Bertz CT molecular complexity index is 1520.